The van der Waals surface area contributed by atoms with Crippen molar-refractivity contribution < 1.29 is 19.0 Å². The van der Waals surface area contributed by atoms with Gasteiger partial charge in [-0.25, -0.2) is 0 Å². The summed E-state index contributed by atoms with van der Waals surface area (Å²) in [5, 5.41) is 5.06. The molecule has 7 heteroatoms. The Morgan fingerprint density at radius 2 is 2.08 bits per heavy atom. The van der Waals surface area contributed by atoms with Gasteiger partial charge >= 0.3 is 0 Å². The number of nitrogens with one attached hydrogen (secondary N) is 1. The molecule has 1 aromatic heterocycles. The number of amides is 1. The van der Waals surface area contributed by atoms with Gasteiger partial charge in [-0.3, -0.25) is 9.69 Å². The quantitative estimate of drug-likeness (QED) is 0.766. The molecule has 1 saturated heterocycles. The Labute approximate surface area is 157 Å². The van der Waals surface area contributed by atoms with Crippen molar-refractivity contribution >= 4 is 17.2 Å². The Hall–Kier alpha value is -2.09. The van der Waals surface area contributed by atoms with E-state index in [4.69, 9.17) is 14.2 Å². The molecule has 1 atom stereocenters. The summed E-state index contributed by atoms with van der Waals surface area (Å²) in [7, 11) is 1.60. The first-order chi connectivity index (χ1) is 12.8. The van der Waals surface area contributed by atoms with Crippen molar-refractivity contribution in [2.75, 3.05) is 46.6 Å². The molecule has 2 heterocycles. The molecule has 0 saturated carbocycles. The summed E-state index contributed by atoms with van der Waals surface area (Å²) in [5.41, 5.74) is 0. The van der Waals surface area contributed by atoms with E-state index in [9.17, 15) is 4.79 Å². The molecule has 1 aromatic carbocycles. The maximum Gasteiger partial charge on any atom is 0.258 e. The largest absolute Gasteiger partial charge is 0.497 e. The van der Waals surface area contributed by atoms with Crippen molar-refractivity contribution in [2.24, 2.45) is 0 Å². The van der Waals surface area contributed by atoms with Gasteiger partial charge in [0.15, 0.2) is 6.61 Å². The van der Waals surface area contributed by atoms with Crippen LogP contribution in [-0.4, -0.2) is 57.4 Å². The van der Waals surface area contributed by atoms with E-state index in [-0.39, 0.29) is 18.6 Å². The van der Waals surface area contributed by atoms with Crippen LogP contribution >= 0.6 is 11.3 Å². The second-order valence-electron chi connectivity index (χ2n) is 5.95. The second-order valence-corrected chi connectivity index (χ2v) is 6.93. The lowest BCUT2D eigenvalue weighted by atomic mass is 10.2. The molecule has 1 amide bonds. The van der Waals surface area contributed by atoms with E-state index in [1.54, 1.807) is 30.6 Å². The smallest absolute Gasteiger partial charge is 0.258 e. The van der Waals surface area contributed by atoms with Crippen LogP contribution in [0.1, 0.15) is 10.9 Å². The highest BCUT2D eigenvalue weighted by molar-refractivity contribution is 7.10. The van der Waals surface area contributed by atoms with Crippen molar-refractivity contribution in [1.29, 1.82) is 0 Å². The van der Waals surface area contributed by atoms with E-state index >= 15 is 0 Å². The van der Waals surface area contributed by atoms with E-state index < -0.39 is 0 Å². The van der Waals surface area contributed by atoms with Crippen LogP contribution in [-0.2, 0) is 9.53 Å². The zero-order valence-corrected chi connectivity index (χ0v) is 15.7. The summed E-state index contributed by atoms with van der Waals surface area (Å²) in [6, 6.07) is 11.6. The molecule has 0 aliphatic carbocycles. The minimum Gasteiger partial charge on any atom is -0.497 e. The molecule has 26 heavy (non-hydrogen) atoms. The van der Waals surface area contributed by atoms with Crippen LogP contribution < -0.4 is 14.8 Å². The topological polar surface area (TPSA) is 60.0 Å². The molecule has 1 aliphatic rings. The van der Waals surface area contributed by atoms with Crippen LogP contribution in [0.4, 0.5) is 0 Å². The van der Waals surface area contributed by atoms with E-state index in [2.05, 4.69) is 21.7 Å². The summed E-state index contributed by atoms with van der Waals surface area (Å²) in [6.45, 7) is 3.75. The molecule has 0 spiro atoms. The van der Waals surface area contributed by atoms with Gasteiger partial charge < -0.3 is 19.5 Å². The average Bonchev–Trinajstić information content (AvgIpc) is 3.22. The van der Waals surface area contributed by atoms with E-state index in [0.29, 0.717) is 18.0 Å². The van der Waals surface area contributed by atoms with E-state index in [1.165, 1.54) is 4.88 Å². The molecular formula is C19H24N2O4S. The summed E-state index contributed by atoms with van der Waals surface area (Å²) in [6.07, 6.45) is 0. The molecule has 140 valence electrons. The number of ether oxygens (including phenoxy) is 3. The average molecular weight is 376 g/mol. The lowest BCUT2D eigenvalue weighted by Crippen LogP contribution is -2.44. The third-order valence-electron chi connectivity index (χ3n) is 4.26. The number of rotatable bonds is 8. The third kappa shape index (κ3) is 5.20. The molecular weight excluding hydrogens is 352 g/mol. The van der Waals surface area contributed by atoms with Gasteiger partial charge in [-0.2, -0.15) is 0 Å². The Balaban J connectivity index is 1.52. The number of benzene rings is 1. The van der Waals surface area contributed by atoms with Gasteiger partial charge in [0.25, 0.3) is 5.91 Å². The van der Waals surface area contributed by atoms with Gasteiger partial charge in [-0.15, -0.1) is 11.3 Å². The zero-order valence-electron chi connectivity index (χ0n) is 14.8. The number of carbonyl (C=O) groups is 1. The zero-order chi connectivity index (χ0) is 18.2. The summed E-state index contributed by atoms with van der Waals surface area (Å²) in [5.74, 6) is 1.18. The number of hydrogen-bond donors (Lipinski definition) is 1. The van der Waals surface area contributed by atoms with Crippen LogP contribution in [0.3, 0.4) is 0 Å². The maximum absolute atomic E-state index is 12.2. The van der Waals surface area contributed by atoms with Crippen LogP contribution in [0.5, 0.6) is 11.5 Å². The van der Waals surface area contributed by atoms with Gasteiger partial charge in [0.2, 0.25) is 0 Å². The van der Waals surface area contributed by atoms with Crippen molar-refractivity contribution in [3.63, 3.8) is 0 Å². The first-order valence-electron chi connectivity index (χ1n) is 8.65. The molecule has 3 rings (SSSR count). The highest BCUT2D eigenvalue weighted by atomic mass is 32.1. The second kappa shape index (κ2) is 9.56. The molecule has 6 nitrogen and oxygen atoms in total. The number of hydrogen-bond acceptors (Lipinski definition) is 6. The number of methoxy groups -OCH3 is 1. The minimum absolute atomic E-state index is 0.0204. The summed E-state index contributed by atoms with van der Waals surface area (Å²) >= 11 is 1.71. The molecule has 0 bridgehead atoms. The number of nitrogens with zero attached hydrogens (tertiary/aromatic N) is 1. The Kier molecular flexibility index (Phi) is 6.88. The highest BCUT2D eigenvalue weighted by Crippen LogP contribution is 2.25. The van der Waals surface area contributed by atoms with Gasteiger partial charge in [-0.1, -0.05) is 12.1 Å². The van der Waals surface area contributed by atoms with Crippen molar-refractivity contribution in [3.05, 3.63) is 46.7 Å². The minimum atomic E-state index is -0.136. The normalized spacial score (nSPS) is 16.0. The number of thiophene rings is 1. The Bertz CT molecular complexity index is 687. The predicted molar refractivity (Wildman–Crippen MR) is 101 cm³/mol. The summed E-state index contributed by atoms with van der Waals surface area (Å²) in [4.78, 5) is 15.8. The van der Waals surface area contributed by atoms with Gasteiger partial charge in [0.05, 0.1) is 26.4 Å². The Morgan fingerprint density at radius 1 is 1.27 bits per heavy atom. The maximum atomic E-state index is 12.2. The molecule has 1 N–H and O–H groups in total. The highest BCUT2D eigenvalue weighted by Gasteiger charge is 2.23. The lowest BCUT2D eigenvalue weighted by molar-refractivity contribution is -0.123. The Morgan fingerprint density at radius 3 is 2.81 bits per heavy atom. The fraction of sp³-hybridized carbons (Fsp3) is 0.421. The fourth-order valence-electron chi connectivity index (χ4n) is 2.88. The fourth-order valence-corrected chi connectivity index (χ4v) is 3.74. The SMILES string of the molecule is COc1cccc(OCC(=O)NC[C@H](c2cccs2)N2CCOCC2)c1. The standard InChI is InChI=1S/C19H24N2O4S/c1-23-15-4-2-5-16(12-15)25-14-19(22)20-13-17(18-6-3-11-26-18)21-7-9-24-10-8-21/h2-6,11-12,17H,7-10,13-14H2,1H3,(H,20,22)/t17-/m1/s1. The first kappa shape index (κ1) is 18.7. The summed E-state index contributed by atoms with van der Waals surface area (Å²) < 4.78 is 16.2. The molecule has 0 radical (unpaired) electrons. The third-order valence-corrected chi connectivity index (χ3v) is 5.24. The van der Waals surface area contributed by atoms with E-state index in [1.807, 2.05) is 18.2 Å². The number of morpholine rings is 1. The van der Waals surface area contributed by atoms with Crippen LogP contribution in [0.15, 0.2) is 41.8 Å². The van der Waals surface area contributed by atoms with Crippen molar-refractivity contribution in [3.8, 4) is 11.5 Å². The molecule has 0 unspecified atom stereocenters. The molecule has 2 aromatic rings. The molecule has 1 fully saturated rings. The van der Waals surface area contributed by atoms with Crippen molar-refractivity contribution in [2.45, 2.75) is 6.04 Å². The predicted octanol–water partition coefficient (Wildman–Crippen LogP) is 2.33. The number of carbonyl (C=O) groups excluding carboxylic acids is 1. The van der Waals surface area contributed by atoms with Gasteiger partial charge in [0.1, 0.15) is 11.5 Å². The van der Waals surface area contributed by atoms with E-state index in [0.717, 1.165) is 26.3 Å². The van der Waals surface area contributed by atoms with Crippen molar-refractivity contribution in [1.82, 2.24) is 10.2 Å². The van der Waals surface area contributed by atoms with Crippen LogP contribution in [0.2, 0.25) is 0 Å². The first-order valence-corrected chi connectivity index (χ1v) is 9.53. The molecule has 1 aliphatic heterocycles. The van der Waals surface area contributed by atoms with Crippen LogP contribution in [0.25, 0.3) is 0 Å². The van der Waals surface area contributed by atoms with Crippen LogP contribution in [0, 0.1) is 0 Å². The van der Waals surface area contributed by atoms with Gasteiger partial charge in [-0.05, 0) is 23.6 Å². The monoisotopic (exact) mass is 376 g/mol. The lowest BCUT2D eigenvalue weighted by Gasteiger charge is -2.34. The van der Waals surface area contributed by atoms with Gasteiger partial charge in [0, 0.05) is 30.6 Å².